The van der Waals surface area contributed by atoms with E-state index in [9.17, 15) is 13.2 Å². The molecule has 0 bridgehead atoms. The maximum atomic E-state index is 12.2. The van der Waals surface area contributed by atoms with E-state index in [2.05, 4.69) is 6.07 Å². The van der Waals surface area contributed by atoms with Gasteiger partial charge in [0.25, 0.3) is 0 Å². The fraction of sp³-hybridized carbons (Fsp3) is 0.250. The van der Waals surface area contributed by atoms with Gasteiger partial charge in [0.2, 0.25) is 0 Å². The number of hydrogen-bond donors (Lipinski definition) is 0. The molecular formula is C8H3Cl3F3. The van der Waals surface area contributed by atoms with Crippen molar-refractivity contribution in [2.24, 2.45) is 0 Å². The number of alkyl halides is 5. The van der Waals surface area contributed by atoms with Crippen LogP contribution in [0.2, 0.25) is 5.02 Å². The third-order valence-electron chi connectivity index (χ3n) is 1.47. The highest BCUT2D eigenvalue weighted by Gasteiger charge is 2.31. The summed E-state index contributed by atoms with van der Waals surface area (Å²) < 4.78 is 36.5. The molecule has 0 heterocycles. The highest BCUT2D eigenvalue weighted by molar-refractivity contribution is 6.45. The predicted molar refractivity (Wildman–Crippen MR) is 49.7 cm³/mol. The van der Waals surface area contributed by atoms with E-state index in [1.807, 2.05) is 0 Å². The summed E-state index contributed by atoms with van der Waals surface area (Å²) in [5, 5.41) is -0.144. The molecule has 1 rings (SSSR count). The maximum Gasteiger partial charge on any atom is 0.416 e. The van der Waals surface area contributed by atoms with Crippen LogP contribution in [-0.4, -0.2) is 0 Å². The van der Waals surface area contributed by atoms with E-state index in [0.717, 1.165) is 12.1 Å². The van der Waals surface area contributed by atoms with Gasteiger partial charge < -0.3 is 0 Å². The molecule has 0 atom stereocenters. The zero-order valence-electron chi connectivity index (χ0n) is 6.50. The lowest BCUT2D eigenvalue weighted by Gasteiger charge is -2.09. The Morgan fingerprint density at radius 2 is 1.86 bits per heavy atom. The molecule has 0 aliphatic carbocycles. The second-order valence-electron chi connectivity index (χ2n) is 2.45. The van der Waals surface area contributed by atoms with Crippen molar-refractivity contribution in [3.05, 3.63) is 34.3 Å². The molecule has 77 valence electrons. The molecule has 0 N–H and O–H groups in total. The highest BCUT2D eigenvalue weighted by Crippen LogP contribution is 2.36. The number of halogens is 6. The van der Waals surface area contributed by atoms with Gasteiger partial charge in [-0.2, -0.15) is 13.2 Å². The summed E-state index contributed by atoms with van der Waals surface area (Å²) in [6.45, 7) is 0. The smallest absolute Gasteiger partial charge is 0.166 e. The average molecular weight is 262 g/mol. The fourth-order valence-electron chi connectivity index (χ4n) is 0.811. The minimum absolute atomic E-state index is 0.142. The predicted octanol–water partition coefficient (Wildman–Crippen LogP) is 4.64. The van der Waals surface area contributed by atoms with Gasteiger partial charge in [0.05, 0.1) is 5.56 Å². The van der Waals surface area contributed by atoms with Gasteiger partial charge in [-0.15, -0.1) is 0 Å². The number of benzene rings is 1. The van der Waals surface area contributed by atoms with Crippen molar-refractivity contribution in [3.8, 4) is 0 Å². The fourth-order valence-corrected chi connectivity index (χ4v) is 1.57. The monoisotopic (exact) mass is 261 g/mol. The van der Waals surface area contributed by atoms with E-state index >= 15 is 0 Å². The van der Waals surface area contributed by atoms with E-state index in [1.54, 1.807) is 0 Å². The Hall–Kier alpha value is -0.120. The Bertz CT molecular complexity index is 333. The molecule has 14 heavy (non-hydrogen) atoms. The van der Waals surface area contributed by atoms with Gasteiger partial charge in [-0.25, -0.2) is 0 Å². The summed E-state index contributed by atoms with van der Waals surface area (Å²) in [4.78, 5) is -0.982. The van der Waals surface area contributed by atoms with Crippen molar-refractivity contribution in [3.63, 3.8) is 0 Å². The van der Waals surface area contributed by atoms with Crippen LogP contribution in [0, 0.1) is 6.07 Å². The van der Waals surface area contributed by atoms with Crippen LogP contribution in [0.25, 0.3) is 0 Å². The van der Waals surface area contributed by atoms with Crippen molar-refractivity contribution in [1.29, 1.82) is 0 Å². The minimum atomic E-state index is -4.44. The normalized spacial score (nSPS) is 12.2. The molecule has 0 aliphatic heterocycles. The van der Waals surface area contributed by atoms with Crippen LogP contribution < -0.4 is 0 Å². The molecule has 0 saturated heterocycles. The lowest BCUT2D eigenvalue weighted by atomic mass is 10.1. The number of hydrogen-bond acceptors (Lipinski definition) is 0. The maximum absolute atomic E-state index is 12.2. The summed E-state index contributed by atoms with van der Waals surface area (Å²) in [6.07, 6.45) is -4.44. The van der Waals surface area contributed by atoms with E-state index in [1.165, 1.54) is 0 Å². The molecule has 0 nitrogen and oxygen atoms in total. The summed E-state index contributed by atoms with van der Waals surface area (Å²) in [6, 6.07) is 3.83. The Balaban J connectivity index is 3.13. The van der Waals surface area contributed by atoms with Crippen molar-refractivity contribution < 1.29 is 13.2 Å². The molecular weight excluding hydrogens is 259 g/mol. The van der Waals surface area contributed by atoms with Gasteiger partial charge in [0, 0.05) is 10.6 Å². The van der Waals surface area contributed by atoms with Gasteiger partial charge in [-0.05, 0) is 18.2 Å². The highest BCUT2D eigenvalue weighted by atomic mass is 35.5. The largest absolute Gasteiger partial charge is 0.416 e. The number of rotatable bonds is 1. The quantitative estimate of drug-likeness (QED) is 0.647. The van der Waals surface area contributed by atoms with E-state index < -0.39 is 16.6 Å². The van der Waals surface area contributed by atoms with Gasteiger partial charge in [0.1, 0.15) is 4.84 Å². The molecule has 6 heteroatoms. The summed E-state index contributed by atoms with van der Waals surface area (Å²) in [7, 11) is 0. The summed E-state index contributed by atoms with van der Waals surface area (Å²) in [5.41, 5.74) is -0.733. The molecule has 1 radical (unpaired) electrons. The van der Waals surface area contributed by atoms with Gasteiger partial charge >= 0.3 is 6.18 Å². The van der Waals surface area contributed by atoms with Crippen molar-refractivity contribution in [1.82, 2.24) is 0 Å². The molecule has 0 fully saturated rings. The van der Waals surface area contributed by atoms with Crippen molar-refractivity contribution in [2.45, 2.75) is 11.0 Å². The van der Waals surface area contributed by atoms with Crippen LogP contribution in [0.5, 0.6) is 0 Å². The van der Waals surface area contributed by atoms with E-state index in [0.29, 0.717) is 0 Å². The first kappa shape index (κ1) is 12.0. The third-order valence-corrected chi connectivity index (χ3v) is 2.22. The second kappa shape index (κ2) is 4.17. The van der Waals surface area contributed by atoms with Crippen LogP contribution in [-0.2, 0) is 6.18 Å². The van der Waals surface area contributed by atoms with Crippen LogP contribution >= 0.6 is 34.8 Å². The molecule has 0 saturated carbocycles. The Kier molecular flexibility index (Phi) is 3.56. The lowest BCUT2D eigenvalue weighted by molar-refractivity contribution is -0.137. The van der Waals surface area contributed by atoms with Gasteiger partial charge in [0.15, 0.2) is 0 Å². The first-order valence-electron chi connectivity index (χ1n) is 3.39. The zero-order chi connectivity index (χ0) is 10.9. The average Bonchev–Trinajstić information content (AvgIpc) is 2.01. The molecule has 0 aromatic heterocycles. The third kappa shape index (κ3) is 2.69. The second-order valence-corrected chi connectivity index (χ2v) is 3.95. The molecule has 0 aliphatic rings. The lowest BCUT2D eigenvalue weighted by Crippen LogP contribution is -2.05. The SMILES string of the molecule is FC(F)(F)c1c[c]c(C(Cl)Cl)c(Cl)c1. The topological polar surface area (TPSA) is 0 Å². The van der Waals surface area contributed by atoms with Crippen molar-refractivity contribution in [2.75, 3.05) is 0 Å². The van der Waals surface area contributed by atoms with Crippen LogP contribution in [0.3, 0.4) is 0 Å². The first-order chi connectivity index (χ1) is 6.32. The van der Waals surface area contributed by atoms with Gasteiger partial charge in [-0.1, -0.05) is 34.8 Å². The zero-order valence-corrected chi connectivity index (χ0v) is 8.77. The van der Waals surface area contributed by atoms with Crippen LogP contribution in [0.15, 0.2) is 12.1 Å². The Morgan fingerprint density at radius 1 is 1.29 bits per heavy atom. The molecule has 1 aromatic rings. The van der Waals surface area contributed by atoms with Crippen LogP contribution in [0.1, 0.15) is 16.0 Å². The molecule has 0 unspecified atom stereocenters. The summed E-state index contributed by atoms with van der Waals surface area (Å²) in [5.74, 6) is 0. The van der Waals surface area contributed by atoms with Crippen LogP contribution in [0.4, 0.5) is 13.2 Å². The molecule has 0 spiro atoms. The standard InChI is InChI=1S/C8H3Cl3F3/c9-6-3-4(8(12,13)14)1-2-5(6)7(10)11/h1,3,7H. The van der Waals surface area contributed by atoms with E-state index in [-0.39, 0.29) is 10.6 Å². The first-order valence-corrected chi connectivity index (χ1v) is 4.64. The Labute approximate surface area is 93.6 Å². The summed E-state index contributed by atoms with van der Waals surface area (Å²) >= 11 is 16.4. The van der Waals surface area contributed by atoms with Gasteiger partial charge in [-0.3, -0.25) is 0 Å². The van der Waals surface area contributed by atoms with Crippen molar-refractivity contribution >= 4 is 34.8 Å². The molecule has 0 amide bonds. The Morgan fingerprint density at radius 3 is 2.21 bits per heavy atom. The molecule has 1 aromatic carbocycles. The minimum Gasteiger partial charge on any atom is -0.166 e. The van der Waals surface area contributed by atoms with E-state index in [4.69, 9.17) is 34.8 Å².